The molecule has 1 aromatic carbocycles. The second kappa shape index (κ2) is 7.38. The Morgan fingerprint density at radius 2 is 2.33 bits per heavy atom. The van der Waals surface area contributed by atoms with Crippen molar-refractivity contribution in [3.05, 3.63) is 18.2 Å². The number of anilines is 2. The molecule has 1 heterocycles. The van der Waals surface area contributed by atoms with Gasteiger partial charge in [0.1, 0.15) is 0 Å². The van der Waals surface area contributed by atoms with Crippen molar-refractivity contribution in [3.8, 4) is 0 Å². The standard InChI is InChI=1S/C15H21N3O2S/c1-3-10(2)20-8-4-5-14(19)18-15-17-12-7-6-11(16)9-13(12)21-15/h6-7,9-10H,3-5,8,16H2,1-2H3,(H,17,18,19). The van der Waals surface area contributed by atoms with Crippen molar-refractivity contribution in [2.24, 2.45) is 0 Å². The molecule has 0 bridgehead atoms. The number of nitrogen functional groups attached to an aromatic ring is 1. The highest BCUT2D eigenvalue weighted by Crippen LogP contribution is 2.27. The van der Waals surface area contributed by atoms with Crippen LogP contribution in [0.1, 0.15) is 33.1 Å². The second-order valence-corrected chi connectivity index (χ2v) is 6.02. The van der Waals surface area contributed by atoms with Gasteiger partial charge >= 0.3 is 0 Å². The molecule has 1 unspecified atom stereocenters. The molecular formula is C15H21N3O2S. The van der Waals surface area contributed by atoms with E-state index in [0.717, 1.165) is 16.6 Å². The van der Waals surface area contributed by atoms with E-state index in [1.165, 1.54) is 11.3 Å². The van der Waals surface area contributed by atoms with E-state index in [2.05, 4.69) is 17.2 Å². The van der Waals surface area contributed by atoms with Crippen LogP contribution < -0.4 is 11.1 Å². The van der Waals surface area contributed by atoms with Crippen LogP contribution in [0.15, 0.2) is 18.2 Å². The van der Waals surface area contributed by atoms with Crippen LogP contribution in [-0.4, -0.2) is 23.6 Å². The number of rotatable bonds is 7. The van der Waals surface area contributed by atoms with Gasteiger partial charge in [0.05, 0.1) is 16.3 Å². The molecule has 1 amide bonds. The number of carbonyl (C=O) groups is 1. The largest absolute Gasteiger partial charge is 0.399 e. The number of nitrogens with one attached hydrogen (secondary N) is 1. The first-order valence-corrected chi connectivity index (χ1v) is 7.97. The number of thiazole rings is 1. The van der Waals surface area contributed by atoms with Gasteiger partial charge in [-0.15, -0.1) is 0 Å². The van der Waals surface area contributed by atoms with Crippen molar-refractivity contribution in [2.75, 3.05) is 17.7 Å². The maximum absolute atomic E-state index is 11.8. The van der Waals surface area contributed by atoms with Gasteiger partial charge in [-0.25, -0.2) is 4.98 Å². The average Bonchev–Trinajstić information content (AvgIpc) is 2.84. The zero-order valence-corrected chi connectivity index (χ0v) is 13.2. The minimum absolute atomic E-state index is 0.0326. The van der Waals surface area contributed by atoms with Crippen LogP contribution in [-0.2, 0) is 9.53 Å². The Bertz CT molecular complexity index is 612. The van der Waals surface area contributed by atoms with Crippen molar-refractivity contribution in [1.29, 1.82) is 0 Å². The third-order valence-corrected chi connectivity index (χ3v) is 4.12. The number of ether oxygens (including phenoxy) is 1. The van der Waals surface area contributed by atoms with Gasteiger partial charge in [-0.2, -0.15) is 0 Å². The van der Waals surface area contributed by atoms with Gasteiger partial charge in [0, 0.05) is 18.7 Å². The zero-order chi connectivity index (χ0) is 15.2. The molecule has 5 nitrogen and oxygen atoms in total. The summed E-state index contributed by atoms with van der Waals surface area (Å²) < 4.78 is 6.52. The van der Waals surface area contributed by atoms with E-state index in [0.29, 0.717) is 30.3 Å². The summed E-state index contributed by atoms with van der Waals surface area (Å²) in [5.41, 5.74) is 7.28. The highest BCUT2D eigenvalue weighted by atomic mass is 32.1. The lowest BCUT2D eigenvalue weighted by atomic mass is 10.3. The summed E-state index contributed by atoms with van der Waals surface area (Å²) in [5.74, 6) is -0.0326. The summed E-state index contributed by atoms with van der Waals surface area (Å²) in [4.78, 5) is 16.2. The van der Waals surface area contributed by atoms with Gasteiger partial charge in [-0.3, -0.25) is 4.79 Å². The molecule has 0 aliphatic rings. The number of amides is 1. The number of nitrogens with zero attached hydrogens (tertiary/aromatic N) is 1. The number of aromatic nitrogens is 1. The van der Waals surface area contributed by atoms with Crippen LogP contribution in [0.4, 0.5) is 10.8 Å². The maximum Gasteiger partial charge on any atom is 0.226 e. The molecule has 0 saturated heterocycles. The van der Waals surface area contributed by atoms with E-state index in [-0.39, 0.29) is 12.0 Å². The van der Waals surface area contributed by atoms with Crippen LogP contribution >= 0.6 is 11.3 Å². The molecule has 0 aliphatic heterocycles. The topological polar surface area (TPSA) is 77.2 Å². The fourth-order valence-corrected chi connectivity index (χ4v) is 2.74. The molecule has 1 atom stereocenters. The van der Waals surface area contributed by atoms with E-state index in [4.69, 9.17) is 10.5 Å². The lowest BCUT2D eigenvalue weighted by Crippen LogP contribution is -2.13. The van der Waals surface area contributed by atoms with E-state index in [1.54, 1.807) is 6.07 Å². The zero-order valence-electron chi connectivity index (χ0n) is 12.4. The molecule has 0 spiro atoms. The van der Waals surface area contributed by atoms with E-state index in [9.17, 15) is 4.79 Å². The predicted octanol–water partition coefficient (Wildman–Crippen LogP) is 3.41. The molecule has 1 aromatic heterocycles. The Balaban J connectivity index is 1.81. The molecule has 6 heteroatoms. The minimum Gasteiger partial charge on any atom is -0.399 e. The van der Waals surface area contributed by atoms with Crippen molar-refractivity contribution >= 4 is 38.3 Å². The average molecular weight is 307 g/mol. The SMILES string of the molecule is CCC(C)OCCCC(=O)Nc1nc2ccc(N)cc2s1. The van der Waals surface area contributed by atoms with Crippen LogP contribution in [0.5, 0.6) is 0 Å². The van der Waals surface area contributed by atoms with Crippen molar-refractivity contribution < 1.29 is 9.53 Å². The number of hydrogen-bond acceptors (Lipinski definition) is 5. The van der Waals surface area contributed by atoms with Crippen LogP contribution in [0.3, 0.4) is 0 Å². The molecular weight excluding hydrogens is 286 g/mol. The Kier molecular flexibility index (Phi) is 5.52. The summed E-state index contributed by atoms with van der Waals surface area (Å²) in [5, 5.41) is 3.44. The van der Waals surface area contributed by atoms with Gasteiger partial charge in [0.25, 0.3) is 0 Å². The fourth-order valence-electron chi connectivity index (χ4n) is 1.81. The third-order valence-electron chi connectivity index (χ3n) is 3.18. The smallest absolute Gasteiger partial charge is 0.226 e. The summed E-state index contributed by atoms with van der Waals surface area (Å²) in [6.07, 6.45) is 2.39. The Hall–Kier alpha value is -1.66. The highest BCUT2D eigenvalue weighted by molar-refractivity contribution is 7.22. The van der Waals surface area contributed by atoms with Gasteiger partial charge in [-0.1, -0.05) is 18.3 Å². The normalized spacial score (nSPS) is 12.5. The van der Waals surface area contributed by atoms with Gasteiger partial charge in [-0.05, 0) is 38.0 Å². The number of nitrogens with two attached hydrogens (primary N) is 1. The molecule has 0 radical (unpaired) electrons. The fraction of sp³-hybridized carbons (Fsp3) is 0.467. The van der Waals surface area contributed by atoms with Crippen LogP contribution in [0.25, 0.3) is 10.2 Å². The maximum atomic E-state index is 11.8. The van der Waals surface area contributed by atoms with E-state index < -0.39 is 0 Å². The summed E-state index contributed by atoms with van der Waals surface area (Å²) in [6.45, 7) is 4.73. The molecule has 114 valence electrons. The minimum atomic E-state index is -0.0326. The summed E-state index contributed by atoms with van der Waals surface area (Å²) >= 11 is 1.43. The predicted molar refractivity (Wildman–Crippen MR) is 87.6 cm³/mol. The second-order valence-electron chi connectivity index (χ2n) is 4.99. The number of carbonyl (C=O) groups excluding carboxylic acids is 1. The lowest BCUT2D eigenvalue weighted by molar-refractivity contribution is -0.116. The van der Waals surface area contributed by atoms with Gasteiger partial charge in [0.15, 0.2) is 5.13 Å². The quantitative estimate of drug-likeness (QED) is 0.607. The van der Waals surface area contributed by atoms with Crippen molar-refractivity contribution in [2.45, 2.75) is 39.2 Å². The lowest BCUT2D eigenvalue weighted by Gasteiger charge is -2.09. The third kappa shape index (κ3) is 4.68. The number of hydrogen-bond donors (Lipinski definition) is 2. The van der Waals surface area contributed by atoms with Crippen LogP contribution in [0, 0.1) is 0 Å². The molecule has 0 saturated carbocycles. The van der Waals surface area contributed by atoms with Gasteiger partial charge in [0.2, 0.25) is 5.91 Å². The Morgan fingerprint density at radius 3 is 3.10 bits per heavy atom. The first-order chi connectivity index (χ1) is 10.1. The monoisotopic (exact) mass is 307 g/mol. The Labute approximate surface area is 128 Å². The number of fused-ring (bicyclic) bond motifs is 1. The van der Waals surface area contributed by atoms with Crippen molar-refractivity contribution in [1.82, 2.24) is 4.98 Å². The van der Waals surface area contributed by atoms with Gasteiger partial charge < -0.3 is 15.8 Å². The highest BCUT2D eigenvalue weighted by Gasteiger charge is 2.08. The summed E-state index contributed by atoms with van der Waals surface area (Å²) in [6, 6.07) is 5.53. The molecule has 2 aromatic rings. The Morgan fingerprint density at radius 1 is 1.52 bits per heavy atom. The molecule has 3 N–H and O–H groups in total. The van der Waals surface area contributed by atoms with Crippen LogP contribution in [0.2, 0.25) is 0 Å². The molecule has 0 fully saturated rings. The molecule has 2 rings (SSSR count). The first kappa shape index (κ1) is 15.7. The molecule has 21 heavy (non-hydrogen) atoms. The summed E-state index contributed by atoms with van der Waals surface area (Å²) in [7, 11) is 0. The van der Waals surface area contributed by atoms with Crippen molar-refractivity contribution in [3.63, 3.8) is 0 Å². The number of benzene rings is 1. The van der Waals surface area contributed by atoms with E-state index >= 15 is 0 Å². The first-order valence-electron chi connectivity index (χ1n) is 7.16. The van der Waals surface area contributed by atoms with E-state index in [1.807, 2.05) is 19.1 Å². The molecule has 0 aliphatic carbocycles.